The molecule has 0 aliphatic carbocycles. The van der Waals surface area contributed by atoms with Crippen LogP contribution in [-0.4, -0.2) is 54.8 Å². The van der Waals surface area contributed by atoms with E-state index in [0.29, 0.717) is 19.8 Å². The molecule has 0 saturated carbocycles. The molecule has 1 aromatic rings. The van der Waals surface area contributed by atoms with Crippen LogP contribution in [0.3, 0.4) is 0 Å². The topological polar surface area (TPSA) is 57.2 Å². The van der Waals surface area contributed by atoms with Crippen molar-refractivity contribution in [2.24, 2.45) is 0 Å². The number of rotatable bonds is 6. The minimum atomic E-state index is -0.799. The van der Waals surface area contributed by atoms with Gasteiger partial charge in [-0.25, -0.2) is 4.79 Å². The average molecular weight is 365 g/mol. The molecule has 1 aromatic carbocycles. The molecule has 0 spiro atoms. The summed E-state index contributed by atoms with van der Waals surface area (Å²) in [6.07, 6.45) is -0.687. The van der Waals surface area contributed by atoms with Crippen LogP contribution < -0.4 is 0 Å². The lowest BCUT2D eigenvalue weighted by Crippen LogP contribution is -2.52. The second-order valence-electron chi connectivity index (χ2n) is 7.98. The van der Waals surface area contributed by atoms with Gasteiger partial charge in [-0.15, -0.1) is 0 Å². The average Bonchev–Trinajstić information content (AvgIpc) is 2.77. The largest absolute Gasteiger partial charge is 0.444 e. The molecule has 2 rings (SSSR count). The number of ether oxygens (including phenoxy) is 4. The zero-order valence-corrected chi connectivity index (χ0v) is 16.7. The molecule has 0 aromatic heterocycles. The predicted molar refractivity (Wildman–Crippen MR) is 98.8 cm³/mol. The number of carbonyl (C=O) groups is 1. The Labute approximate surface area is 156 Å². The molecule has 2 unspecified atom stereocenters. The highest BCUT2D eigenvalue weighted by Crippen LogP contribution is 2.34. The fourth-order valence-corrected chi connectivity index (χ4v) is 3.10. The minimum Gasteiger partial charge on any atom is -0.444 e. The summed E-state index contributed by atoms with van der Waals surface area (Å²) in [5.74, 6) is 0. The molecule has 1 heterocycles. The van der Waals surface area contributed by atoms with Gasteiger partial charge in [-0.2, -0.15) is 0 Å². The summed E-state index contributed by atoms with van der Waals surface area (Å²) >= 11 is 0. The standard InChI is InChI=1S/C20H31NO5/c1-19(2,3)26-18(22)21-16(17(14-23-6)25-20(21,4)5)13-24-12-15-10-8-7-9-11-15/h7-11,16-17H,12-14H2,1-6H3. The fraction of sp³-hybridized carbons (Fsp3) is 0.650. The summed E-state index contributed by atoms with van der Waals surface area (Å²) in [4.78, 5) is 14.4. The van der Waals surface area contributed by atoms with Crippen molar-refractivity contribution in [2.45, 2.75) is 64.7 Å². The number of benzene rings is 1. The van der Waals surface area contributed by atoms with Crippen LogP contribution in [0.15, 0.2) is 30.3 Å². The van der Waals surface area contributed by atoms with Gasteiger partial charge in [0.25, 0.3) is 0 Å². The Morgan fingerprint density at radius 3 is 2.42 bits per heavy atom. The van der Waals surface area contributed by atoms with Crippen molar-refractivity contribution < 1.29 is 23.7 Å². The predicted octanol–water partition coefficient (Wildman–Crippen LogP) is 3.59. The number of nitrogens with zero attached hydrogens (tertiary/aromatic N) is 1. The van der Waals surface area contributed by atoms with E-state index in [9.17, 15) is 4.79 Å². The van der Waals surface area contributed by atoms with Gasteiger partial charge in [0, 0.05) is 7.11 Å². The van der Waals surface area contributed by atoms with Gasteiger partial charge in [-0.05, 0) is 40.2 Å². The summed E-state index contributed by atoms with van der Waals surface area (Å²) in [6.45, 7) is 10.5. The summed E-state index contributed by atoms with van der Waals surface area (Å²) in [6, 6.07) is 9.64. The quantitative estimate of drug-likeness (QED) is 0.771. The van der Waals surface area contributed by atoms with Crippen molar-refractivity contribution in [1.82, 2.24) is 4.90 Å². The molecule has 0 N–H and O–H groups in total. The fourth-order valence-electron chi connectivity index (χ4n) is 3.10. The van der Waals surface area contributed by atoms with E-state index in [-0.39, 0.29) is 12.1 Å². The van der Waals surface area contributed by atoms with Gasteiger partial charge in [0.2, 0.25) is 0 Å². The van der Waals surface area contributed by atoms with Crippen molar-refractivity contribution in [3.05, 3.63) is 35.9 Å². The van der Waals surface area contributed by atoms with Crippen molar-refractivity contribution in [2.75, 3.05) is 20.3 Å². The van der Waals surface area contributed by atoms with Gasteiger partial charge in [0.1, 0.15) is 17.4 Å². The van der Waals surface area contributed by atoms with Gasteiger partial charge in [-0.3, -0.25) is 4.90 Å². The molecule has 1 aliphatic heterocycles. The summed E-state index contributed by atoms with van der Waals surface area (Å²) < 4.78 is 22.8. The number of carbonyl (C=O) groups excluding carboxylic acids is 1. The second kappa shape index (κ2) is 8.37. The Hall–Kier alpha value is -1.63. The Morgan fingerprint density at radius 2 is 1.85 bits per heavy atom. The third kappa shape index (κ3) is 5.43. The highest BCUT2D eigenvalue weighted by Gasteiger charge is 2.51. The van der Waals surface area contributed by atoms with E-state index in [2.05, 4.69) is 0 Å². The molecule has 6 heteroatoms. The Kier molecular flexibility index (Phi) is 6.66. The first-order chi connectivity index (χ1) is 12.1. The van der Waals surface area contributed by atoms with Crippen LogP contribution in [0.4, 0.5) is 4.79 Å². The Balaban J connectivity index is 2.11. The van der Waals surface area contributed by atoms with E-state index in [0.717, 1.165) is 5.56 Å². The third-order valence-electron chi connectivity index (χ3n) is 4.10. The molecule has 1 amide bonds. The van der Waals surface area contributed by atoms with Gasteiger partial charge < -0.3 is 18.9 Å². The van der Waals surface area contributed by atoms with Crippen LogP contribution in [0.5, 0.6) is 0 Å². The van der Waals surface area contributed by atoms with E-state index < -0.39 is 17.4 Å². The molecule has 26 heavy (non-hydrogen) atoms. The molecule has 0 radical (unpaired) electrons. The zero-order chi connectivity index (χ0) is 19.4. The van der Waals surface area contributed by atoms with E-state index in [1.165, 1.54) is 0 Å². The molecule has 1 fully saturated rings. The molecule has 2 atom stereocenters. The van der Waals surface area contributed by atoms with Crippen LogP contribution in [0.1, 0.15) is 40.2 Å². The number of amides is 1. The van der Waals surface area contributed by atoms with Gasteiger partial charge in [-0.1, -0.05) is 30.3 Å². The highest BCUT2D eigenvalue weighted by atomic mass is 16.6. The molecule has 1 saturated heterocycles. The first-order valence-electron chi connectivity index (χ1n) is 8.95. The minimum absolute atomic E-state index is 0.279. The molecule has 0 bridgehead atoms. The first kappa shape index (κ1) is 20.7. The van der Waals surface area contributed by atoms with Crippen molar-refractivity contribution in [1.29, 1.82) is 0 Å². The lowest BCUT2D eigenvalue weighted by Gasteiger charge is -2.35. The number of hydrogen-bond acceptors (Lipinski definition) is 5. The van der Waals surface area contributed by atoms with E-state index >= 15 is 0 Å². The number of methoxy groups -OCH3 is 1. The van der Waals surface area contributed by atoms with Crippen LogP contribution in [0.25, 0.3) is 0 Å². The maximum atomic E-state index is 12.8. The molecular weight excluding hydrogens is 334 g/mol. The van der Waals surface area contributed by atoms with Gasteiger partial charge in [0.15, 0.2) is 0 Å². The molecule has 6 nitrogen and oxygen atoms in total. The molecular formula is C20H31NO5. The molecule has 146 valence electrons. The van der Waals surface area contributed by atoms with Crippen molar-refractivity contribution in [3.8, 4) is 0 Å². The Morgan fingerprint density at radius 1 is 1.19 bits per heavy atom. The smallest absolute Gasteiger partial charge is 0.412 e. The zero-order valence-electron chi connectivity index (χ0n) is 16.7. The third-order valence-corrected chi connectivity index (χ3v) is 4.10. The Bertz CT molecular complexity index is 582. The van der Waals surface area contributed by atoms with E-state index in [1.807, 2.05) is 65.0 Å². The van der Waals surface area contributed by atoms with Gasteiger partial charge >= 0.3 is 6.09 Å². The summed E-state index contributed by atoms with van der Waals surface area (Å²) in [5.41, 5.74) is -0.299. The lowest BCUT2D eigenvalue weighted by atomic mass is 10.1. The summed E-state index contributed by atoms with van der Waals surface area (Å²) in [5, 5.41) is 0. The first-order valence-corrected chi connectivity index (χ1v) is 8.95. The van der Waals surface area contributed by atoms with Crippen LogP contribution >= 0.6 is 0 Å². The van der Waals surface area contributed by atoms with E-state index in [4.69, 9.17) is 18.9 Å². The molecule has 1 aliphatic rings. The summed E-state index contributed by atoms with van der Waals surface area (Å²) in [7, 11) is 1.62. The van der Waals surface area contributed by atoms with Crippen LogP contribution in [0, 0.1) is 0 Å². The monoisotopic (exact) mass is 365 g/mol. The van der Waals surface area contributed by atoms with Crippen molar-refractivity contribution >= 4 is 6.09 Å². The maximum Gasteiger partial charge on any atom is 0.412 e. The van der Waals surface area contributed by atoms with Crippen LogP contribution in [-0.2, 0) is 25.6 Å². The second-order valence-corrected chi connectivity index (χ2v) is 7.98. The van der Waals surface area contributed by atoms with Crippen LogP contribution in [0.2, 0.25) is 0 Å². The SMILES string of the molecule is COCC1OC(C)(C)N(C(=O)OC(C)(C)C)C1COCc1ccccc1. The number of hydrogen-bond donors (Lipinski definition) is 0. The maximum absolute atomic E-state index is 12.8. The van der Waals surface area contributed by atoms with E-state index in [1.54, 1.807) is 12.0 Å². The van der Waals surface area contributed by atoms with Crippen molar-refractivity contribution in [3.63, 3.8) is 0 Å². The normalized spacial score (nSPS) is 22.5. The van der Waals surface area contributed by atoms with Gasteiger partial charge in [0.05, 0.1) is 25.9 Å². The lowest BCUT2D eigenvalue weighted by molar-refractivity contribution is -0.0895. The highest BCUT2D eigenvalue weighted by molar-refractivity contribution is 5.70.